The highest BCUT2D eigenvalue weighted by atomic mass is 35.5. The zero-order valence-electron chi connectivity index (χ0n) is 19.9. The number of amidine groups is 2. The molecule has 2 aromatic rings. The lowest BCUT2D eigenvalue weighted by Crippen LogP contribution is -2.42. The number of nitrogens with zero attached hydrogens (tertiary/aromatic N) is 3. The number of carbonyl (C=O) groups excluding carboxylic acids is 3. The molecule has 2 aliphatic heterocycles. The van der Waals surface area contributed by atoms with E-state index in [1.54, 1.807) is 18.2 Å². The summed E-state index contributed by atoms with van der Waals surface area (Å²) in [5, 5.41) is 6.40. The third-order valence-electron chi connectivity index (χ3n) is 5.55. The topological polar surface area (TPSA) is 112 Å². The minimum Gasteiger partial charge on any atom is -0.495 e. The predicted molar refractivity (Wildman–Crippen MR) is 142 cm³/mol. The average Bonchev–Trinajstić information content (AvgIpc) is 3.19. The fourth-order valence-corrected chi connectivity index (χ4v) is 4.75. The van der Waals surface area contributed by atoms with Crippen LogP contribution in [0.3, 0.4) is 0 Å². The Labute approximate surface area is 218 Å². The van der Waals surface area contributed by atoms with Gasteiger partial charge in [-0.3, -0.25) is 19.4 Å². The molecule has 2 heterocycles. The maximum atomic E-state index is 13.3. The number of hydrogen-bond donors (Lipinski definition) is 2. The van der Waals surface area contributed by atoms with E-state index in [1.165, 1.54) is 12.0 Å². The molecule has 0 unspecified atom stereocenters. The summed E-state index contributed by atoms with van der Waals surface area (Å²) >= 11 is 7.16. The third-order valence-corrected chi connectivity index (χ3v) is 6.72. The van der Waals surface area contributed by atoms with Crippen molar-refractivity contribution < 1.29 is 19.1 Å². The molecule has 0 saturated heterocycles. The molecule has 0 saturated carbocycles. The Morgan fingerprint density at radius 3 is 2.78 bits per heavy atom. The van der Waals surface area contributed by atoms with E-state index in [4.69, 9.17) is 16.3 Å². The molecule has 3 amide bonds. The van der Waals surface area contributed by atoms with E-state index in [0.29, 0.717) is 45.3 Å². The van der Waals surface area contributed by atoms with Crippen LogP contribution in [0.1, 0.15) is 31.7 Å². The van der Waals surface area contributed by atoms with Crippen molar-refractivity contribution in [3.05, 3.63) is 53.1 Å². The summed E-state index contributed by atoms with van der Waals surface area (Å²) in [5.74, 6) is 0.0190. The van der Waals surface area contributed by atoms with E-state index in [-0.39, 0.29) is 29.9 Å². The van der Waals surface area contributed by atoms with Crippen LogP contribution in [0.25, 0.3) is 0 Å². The van der Waals surface area contributed by atoms with Gasteiger partial charge < -0.3 is 15.4 Å². The highest BCUT2D eigenvalue weighted by Gasteiger charge is 2.42. The van der Waals surface area contributed by atoms with Crippen LogP contribution in [-0.2, 0) is 14.4 Å². The van der Waals surface area contributed by atoms with Gasteiger partial charge in [-0.05, 0) is 36.8 Å². The second-order valence-electron chi connectivity index (χ2n) is 8.14. The van der Waals surface area contributed by atoms with Crippen molar-refractivity contribution in [1.82, 2.24) is 10.2 Å². The van der Waals surface area contributed by atoms with E-state index in [0.717, 1.165) is 24.6 Å². The Bertz CT molecular complexity index is 1250. The van der Waals surface area contributed by atoms with E-state index in [2.05, 4.69) is 20.6 Å². The second kappa shape index (κ2) is 11.6. The number of thioether (sulfide) groups is 1. The fourth-order valence-electron chi connectivity index (χ4n) is 3.78. The fraction of sp³-hybridized carbons (Fsp3) is 0.320. The Balaban J connectivity index is 1.49. The van der Waals surface area contributed by atoms with Crippen molar-refractivity contribution >= 4 is 63.5 Å². The number of fused-ring (bicyclic) bond motifs is 3. The summed E-state index contributed by atoms with van der Waals surface area (Å²) in [6, 6.07) is 11.4. The molecule has 4 rings (SSSR count). The Morgan fingerprint density at radius 2 is 2.00 bits per heavy atom. The Hall–Kier alpha value is -3.37. The van der Waals surface area contributed by atoms with Crippen LogP contribution in [0.4, 0.5) is 11.4 Å². The molecule has 2 aromatic carbocycles. The number of hydrogen-bond acceptors (Lipinski definition) is 7. The van der Waals surface area contributed by atoms with Gasteiger partial charge in [0.25, 0.3) is 5.91 Å². The van der Waals surface area contributed by atoms with Crippen molar-refractivity contribution in [1.29, 1.82) is 0 Å². The molecule has 0 bridgehead atoms. The standard InChI is InChI=1S/C25H26ClN5O4S/c1-3-4-11-27-21(32)13-19-24(34)31-23(29-19)16-7-5-6-8-17(16)30-25(31)36-14-22(33)28-18-12-15(26)9-10-20(18)35-2/h5-10,12,19H,3-4,11,13-14H2,1-2H3,(H,27,32)(H,28,33)/t19-/m0/s1. The molecular formula is C25H26ClN5O4S. The number of methoxy groups -OCH3 is 1. The first-order valence-corrected chi connectivity index (χ1v) is 12.9. The van der Waals surface area contributed by atoms with Crippen molar-refractivity contribution in [2.45, 2.75) is 32.2 Å². The first kappa shape index (κ1) is 25.7. The molecule has 11 heteroatoms. The van der Waals surface area contributed by atoms with Gasteiger partial charge in [-0.15, -0.1) is 0 Å². The molecule has 36 heavy (non-hydrogen) atoms. The Kier molecular flexibility index (Phi) is 8.27. The third kappa shape index (κ3) is 5.71. The van der Waals surface area contributed by atoms with Crippen molar-refractivity contribution in [3.8, 4) is 5.75 Å². The zero-order chi connectivity index (χ0) is 25.7. The summed E-state index contributed by atoms with van der Waals surface area (Å²) in [6.45, 7) is 2.60. The normalized spacial score (nSPS) is 16.0. The van der Waals surface area contributed by atoms with Crippen molar-refractivity contribution in [2.75, 3.05) is 24.7 Å². The van der Waals surface area contributed by atoms with Gasteiger partial charge in [0.15, 0.2) is 5.17 Å². The number of nitrogens with one attached hydrogen (secondary N) is 2. The minimum absolute atomic E-state index is 0.0180. The van der Waals surface area contributed by atoms with Gasteiger partial charge in [0.05, 0.1) is 30.7 Å². The SMILES string of the molecule is CCCCNC(=O)C[C@@H]1N=C2c3ccccc3N=C(SCC(=O)Nc3cc(Cl)ccc3OC)N2C1=O. The van der Waals surface area contributed by atoms with Gasteiger partial charge in [-0.1, -0.05) is 48.8 Å². The lowest BCUT2D eigenvalue weighted by atomic mass is 10.1. The number of carbonyl (C=O) groups is 3. The molecule has 9 nitrogen and oxygen atoms in total. The molecule has 0 radical (unpaired) electrons. The quantitative estimate of drug-likeness (QED) is 0.479. The summed E-state index contributed by atoms with van der Waals surface area (Å²) in [5.41, 5.74) is 1.80. The van der Waals surface area contributed by atoms with Crippen LogP contribution >= 0.6 is 23.4 Å². The van der Waals surface area contributed by atoms with E-state index in [9.17, 15) is 14.4 Å². The monoisotopic (exact) mass is 527 g/mol. The molecule has 2 N–H and O–H groups in total. The van der Waals surface area contributed by atoms with Crippen molar-refractivity contribution in [2.24, 2.45) is 9.98 Å². The van der Waals surface area contributed by atoms with E-state index in [1.807, 2.05) is 31.2 Å². The Morgan fingerprint density at radius 1 is 1.19 bits per heavy atom. The highest BCUT2D eigenvalue weighted by Crippen LogP contribution is 2.34. The van der Waals surface area contributed by atoms with Crippen LogP contribution in [0.2, 0.25) is 5.02 Å². The largest absolute Gasteiger partial charge is 0.495 e. The molecule has 0 aliphatic carbocycles. The molecule has 0 fully saturated rings. The molecular weight excluding hydrogens is 502 g/mol. The van der Waals surface area contributed by atoms with E-state index >= 15 is 0 Å². The predicted octanol–water partition coefficient (Wildman–Crippen LogP) is 3.99. The lowest BCUT2D eigenvalue weighted by Gasteiger charge is -2.25. The smallest absolute Gasteiger partial charge is 0.259 e. The molecule has 2 aliphatic rings. The summed E-state index contributed by atoms with van der Waals surface area (Å²) < 4.78 is 5.27. The lowest BCUT2D eigenvalue weighted by molar-refractivity contribution is -0.128. The molecule has 0 aromatic heterocycles. The van der Waals surface area contributed by atoms with Crippen LogP contribution < -0.4 is 15.4 Å². The minimum atomic E-state index is -0.844. The van der Waals surface area contributed by atoms with Gasteiger partial charge in [-0.2, -0.15) is 0 Å². The number of benzene rings is 2. The number of anilines is 1. The zero-order valence-corrected chi connectivity index (χ0v) is 21.5. The number of ether oxygens (including phenoxy) is 1. The summed E-state index contributed by atoms with van der Waals surface area (Å²) in [7, 11) is 1.50. The first-order valence-electron chi connectivity index (χ1n) is 11.5. The number of halogens is 1. The van der Waals surface area contributed by atoms with Crippen LogP contribution in [0.15, 0.2) is 52.4 Å². The molecule has 0 spiro atoms. The number of amides is 3. The van der Waals surface area contributed by atoms with Gasteiger partial charge in [-0.25, -0.2) is 9.89 Å². The van der Waals surface area contributed by atoms with Crippen LogP contribution in [0.5, 0.6) is 5.75 Å². The summed E-state index contributed by atoms with van der Waals surface area (Å²) in [6.07, 6.45) is 1.79. The molecule has 1 atom stereocenters. The van der Waals surface area contributed by atoms with E-state index < -0.39 is 6.04 Å². The van der Waals surface area contributed by atoms with Crippen molar-refractivity contribution in [3.63, 3.8) is 0 Å². The number of aliphatic imine (C=N–C) groups is 2. The highest BCUT2D eigenvalue weighted by molar-refractivity contribution is 8.14. The van der Waals surface area contributed by atoms with Crippen LogP contribution in [-0.4, -0.2) is 59.1 Å². The van der Waals surface area contributed by atoms with Gasteiger partial charge in [0.2, 0.25) is 11.8 Å². The second-order valence-corrected chi connectivity index (χ2v) is 9.52. The maximum absolute atomic E-state index is 13.3. The number of rotatable bonds is 9. The van der Waals surface area contributed by atoms with Gasteiger partial charge in [0.1, 0.15) is 17.6 Å². The number of unbranched alkanes of at least 4 members (excludes halogenated alkanes) is 1. The summed E-state index contributed by atoms with van der Waals surface area (Å²) in [4.78, 5) is 49.0. The molecule has 188 valence electrons. The number of para-hydroxylation sites is 1. The maximum Gasteiger partial charge on any atom is 0.259 e. The average molecular weight is 528 g/mol. The first-order chi connectivity index (χ1) is 17.4. The van der Waals surface area contributed by atoms with Gasteiger partial charge >= 0.3 is 0 Å². The van der Waals surface area contributed by atoms with Gasteiger partial charge in [0, 0.05) is 17.1 Å². The van der Waals surface area contributed by atoms with Crippen LogP contribution in [0, 0.1) is 0 Å².